The van der Waals surface area contributed by atoms with Gasteiger partial charge in [-0.3, -0.25) is 0 Å². The smallest absolute Gasteiger partial charge is 0.229 e. The van der Waals surface area contributed by atoms with Crippen molar-refractivity contribution in [3.05, 3.63) is 53.2 Å². The Labute approximate surface area is 124 Å². The van der Waals surface area contributed by atoms with Gasteiger partial charge in [0.05, 0.1) is 5.56 Å². The summed E-state index contributed by atoms with van der Waals surface area (Å²) in [4.78, 5) is 4.65. The molecule has 0 aliphatic heterocycles. The van der Waals surface area contributed by atoms with Crippen LogP contribution < -0.4 is 10.5 Å². The first-order chi connectivity index (χ1) is 9.60. The summed E-state index contributed by atoms with van der Waals surface area (Å²) < 4.78 is 5.81. The third kappa shape index (κ3) is 3.54. The molecule has 0 bridgehead atoms. The molecule has 2 N–H and O–H groups in total. The van der Waals surface area contributed by atoms with Crippen molar-refractivity contribution < 1.29 is 4.74 Å². The van der Waals surface area contributed by atoms with E-state index in [-0.39, 0.29) is 4.99 Å². The molecule has 4 heteroatoms. The number of nitrogens with two attached hydrogens (primary N) is 1. The predicted molar refractivity (Wildman–Crippen MR) is 85.4 cm³/mol. The van der Waals surface area contributed by atoms with Gasteiger partial charge in [0.1, 0.15) is 10.7 Å². The summed E-state index contributed by atoms with van der Waals surface area (Å²) >= 11 is 5.02. The van der Waals surface area contributed by atoms with E-state index in [9.17, 15) is 0 Å². The van der Waals surface area contributed by atoms with Gasteiger partial charge in [0.25, 0.3) is 0 Å². The Hall–Kier alpha value is -1.94. The molecule has 0 aliphatic rings. The van der Waals surface area contributed by atoms with Gasteiger partial charge in [0, 0.05) is 5.69 Å². The molecule has 2 rings (SSSR count). The number of aromatic nitrogens is 1. The van der Waals surface area contributed by atoms with E-state index in [2.05, 4.69) is 24.0 Å². The van der Waals surface area contributed by atoms with Gasteiger partial charge >= 0.3 is 0 Å². The fourth-order valence-corrected chi connectivity index (χ4v) is 2.08. The monoisotopic (exact) mass is 286 g/mol. The molecule has 1 aromatic carbocycles. The van der Waals surface area contributed by atoms with Gasteiger partial charge in [0.2, 0.25) is 5.88 Å². The molecule has 0 saturated heterocycles. The molecule has 0 fully saturated rings. The van der Waals surface area contributed by atoms with E-state index in [1.807, 2.05) is 31.2 Å². The highest BCUT2D eigenvalue weighted by molar-refractivity contribution is 7.80. The van der Waals surface area contributed by atoms with Gasteiger partial charge in [-0.1, -0.05) is 37.7 Å². The number of ether oxygens (including phenoxy) is 1. The Morgan fingerprint density at radius 1 is 1.20 bits per heavy atom. The number of rotatable bonds is 5. The summed E-state index contributed by atoms with van der Waals surface area (Å²) in [5.41, 5.74) is 8.51. The summed E-state index contributed by atoms with van der Waals surface area (Å²) in [5, 5.41) is 0. The molecule has 1 heterocycles. The summed E-state index contributed by atoms with van der Waals surface area (Å²) in [6.45, 7) is 4.07. The fourth-order valence-electron chi connectivity index (χ4n) is 1.92. The van der Waals surface area contributed by atoms with Crippen molar-refractivity contribution in [2.24, 2.45) is 5.73 Å². The highest BCUT2D eigenvalue weighted by Crippen LogP contribution is 2.24. The maximum Gasteiger partial charge on any atom is 0.229 e. The zero-order valence-electron chi connectivity index (χ0n) is 11.7. The lowest BCUT2D eigenvalue weighted by atomic mass is 10.1. The molecule has 3 nitrogen and oxygen atoms in total. The molecule has 0 saturated carbocycles. The lowest BCUT2D eigenvalue weighted by Crippen LogP contribution is -2.12. The molecule has 20 heavy (non-hydrogen) atoms. The van der Waals surface area contributed by atoms with Gasteiger partial charge in [0.15, 0.2) is 0 Å². The predicted octanol–water partition coefficient (Wildman–Crippen LogP) is 3.77. The molecule has 0 amide bonds. The number of thiocarbonyl (C=S) groups is 1. The van der Waals surface area contributed by atoms with Crippen LogP contribution in [0.2, 0.25) is 0 Å². The van der Waals surface area contributed by atoms with Crippen LogP contribution in [0.3, 0.4) is 0 Å². The first kappa shape index (κ1) is 14.5. The minimum atomic E-state index is 0.287. The second-order valence-electron chi connectivity index (χ2n) is 4.67. The quantitative estimate of drug-likeness (QED) is 0.850. The van der Waals surface area contributed by atoms with Gasteiger partial charge in [-0.05, 0) is 43.2 Å². The van der Waals surface area contributed by atoms with E-state index in [4.69, 9.17) is 22.7 Å². The van der Waals surface area contributed by atoms with Gasteiger partial charge in [-0.2, -0.15) is 0 Å². The Kier molecular flexibility index (Phi) is 4.69. The maximum absolute atomic E-state index is 5.81. The van der Waals surface area contributed by atoms with Crippen LogP contribution in [0, 0.1) is 6.92 Å². The summed E-state index contributed by atoms with van der Waals surface area (Å²) in [5.74, 6) is 1.20. The Balaban J connectivity index is 2.25. The number of benzene rings is 1. The zero-order valence-corrected chi connectivity index (χ0v) is 12.5. The number of hydrogen-bond donors (Lipinski definition) is 1. The van der Waals surface area contributed by atoms with Gasteiger partial charge in [-0.15, -0.1) is 0 Å². The van der Waals surface area contributed by atoms with E-state index in [1.54, 1.807) is 0 Å². The van der Waals surface area contributed by atoms with E-state index in [0.29, 0.717) is 11.4 Å². The lowest BCUT2D eigenvalue weighted by molar-refractivity contribution is 0.460. The average Bonchev–Trinajstić information content (AvgIpc) is 2.41. The zero-order chi connectivity index (χ0) is 14.5. The molecule has 104 valence electrons. The molecule has 2 aromatic rings. The van der Waals surface area contributed by atoms with Crippen molar-refractivity contribution in [1.82, 2.24) is 4.98 Å². The maximum atomic E-state index is 5.81. The third-order valence-corrected chi connectivity index (χ3v) is 3.16. The van der Waals surface area contributed by atoms with Crippen LogP contribution in [0.4, 0.5) is 0 Å². The van der Waals surface area contributed by atoms with E-state index in [1.165, 1.54) is 5.56 Å². The molecule has 0 spiro atoms. The van der Waals surface area contributed by atoms with Crippen LogP contribution in [0.5, 0.6) is 11.6 Å². The number of hydrogen-bond acceptors (Lipinski definition) is 3. The van der Waals surface area contributed by atoms with E-state index >= 15 is 0 Å². The summed E-state index contributed by atoms with van der Waals surface area (Å²) in [6, 6.07) is 11.7. The SMILES string of the molecule is CCCc1ccc(Oc2nc(C)ccc2C(N)=S)cc1. The standard InChI is InChI=1S/C16H18N2OS/c1-3-4-12-6-8-13(9-7-12)19-16-14(15(17)20)10-5-11(2)18-16/h5-10H,3-4H2,1-2H3,(H2,17,20). The molecule has 1 aromatic heterocycles. The van der Waals surface area contributed by atoms with Gasteiger partial charge < -0.3 is 10.5 Å². The van der Waals surface area contributed by atoms with Crippen molar-refractivity contribution in [2.75, 3.05) is 0 Å². The van der Waals surface area contributed by atoms with E-state index < -0.39 is 0 Å². The first-order valence-corrected chi connectivity index (χ1v) is 7.05. The number of aryl methyl sites for hydroxylation is 2. The highest BCUT2D eigenvalue weighted by atomic mass is 32.1. The average molecular weight is 286 g/mol. The van der Waals surface area contributed by atoms with Crippen LogP contribution in [0.15, 0.2) is 36.4 Å². The van der Waals surface area contributed by atoms with Crippen LogP contribution in [0.1, 0.15) is 30.2 Å². The van der Waals surface area contributed by atoms with Crippen LogP contribution >= 0.6 is 12.2 Å². The van der Waals surface area contributed by atoms with Crippen LogP contribution in [-0.2, 0) is 6.42 Å². The molecule has 0 radical (unpaired) electrons. The molecule has 0 atom stereocenters. The highest BCUT2D eigenvalue weighted by Gasteiger charge is 2.09. The fraction of sp³-hybridized carbons (Fsp3) is 0.250. The normalized spacial score (nSPS) is 10.3. The molecule has 0 unspecified atom stereocenters. The summed E-state index contributed by atoms with van der Waals surface area (Å²) in [6.07, 6.45) is 2.20. The minimum Gasteiger partial charge on any atom is -0.438 e. The Morgan fingerprint density at radius 3 is 2.50 bits per heavy atom. The van der Waals surface area contributed by atoms with Crippen molar-refractivity contribution in [3.8, 4) is 11.6 Å². The lowest BCUT2D eigenvalue weighted by Gasteiger charge is -2.10. The van der Waals surface area contributed by atoms with E-state index in [0.717, 1.165) is 24.3 Å². The van der Waals surface area contributed by atoms with Crippen LogP contribution in [0.25, 0.3) is 0 Å². The second-order valence-corrected chi connectivity index (χ2v) is 5.11. The van der Waals surface area contributed by atoms with Gasteiger partial charge in [-0.25, -0.2) is 4.98 Å². The number of nitrogens with zero attached hydrogens (tertiary/aromatic N) is 1. The van der Waals surface area contributed by atoms with Crippen LogP contribution in [-0.4, -0.2) is 9.97 Å². The minimum absolute atomic E-state index is 0.287. The summed E-state index contributed by atoms with van der Waals surface area (Å²) in [7, 11) is 0. The van der Waals surface area contributed by atoms with Crippen molar-refractivity contribution in [2.45, 2.75) is 26.7 Å². The largest absolute Gasteiger partial charge is 0.438 e. The second kappa shape index (κ2) is 6.48. The molecular formula is C16H18N2OS. The first-order valence-electron chi connectivity index (χ1n) is 6.64. The Bertz CT molecular complexity index is 608. The molecule has 0 aliphatic carbocycles. The third-order valence-electron chi connectivity index (χ3n) is 2.94. The number of pyridine rings is 1. The molecular weight excluding hydrogens is 268 g/mol. The van der Waals surface area contributed by atoms with Crippen molar-refractivity contribution >= 4 is 17.2 Å². The topological polar surface area (TPSA) is 48.1 Å². The Morgan fingerprint density at radius 2 is 1.90 bits per heavy atom. The van der Waals surface area contributed by atoms with Crippen molar-refractivity contribution in [1.29, 1.82) is 0 Å². The van der Waals surface area contributed by atoms with Crippen molar-refractivity contribution in [3.63, 3.8) is 0 Å².